The molecule has 3 aromatic carbocycles. The molecule has 0 spiro atoms. The molecule has 7 heteroatoms. The van der Waals surface area contributed by atoms with Gasteiger partial charge in [0.2, 0.25) is 0 Å². The maximum Gasteiger partial charge on any atom is 0.334 e. The van der Waals surface area contributed by atoms with E-state index in [-0.39, 0.29) is 17.9 Å². The number of hydrogen-bond acceptors (Lipinski definition) is 5. The molecule has 7 nitrogen and oxygen atoms in total. The molecule has 2 fully saturated rings. The maximum absolute atomic E-state index is 13.4. The minimum Gasteiger partial charge on any atom is -0.496 e. The van der Waals surface area contributed by atoms with Gasteiger partial charge in [0.15, 0.2) is 0 Å². The first-order chi connectivity index (χ1) is 18.0. The van der Waals surface area contributed by atoms with Gasteiger partial charge in [-0.2, -0.15) is 0 Å². The van der Waals surface area contributed by atoms with Gasteiger partial charge in [0.25, 0.3) is 11.8 Å². The van der Waals surface area contributed by atoms with Crippen LogP contribution in [0.4, 0.5) is 5.69 Å². The Balaban J connectivity index is 1.28. The van der Waals surface area contributed by atoms with Crippen molar-refractivity contribution in [1.29, 1.82) is 0 Å². The van der Waals surface area contributed by atoms with Crippen molar-refractivity contribution >= 4 is 23.5 Å². The quantitative estimate of drug-likeness (QED) is 0.367. The number of likely N-dealkylation sites (tertiary alicyclic amines) is 1. The van der Waals surface area contributed by atoms with E-state index in [0.717, 1.165) is 25.7 Å². The molecule has 0 bridgehead atoms. The lowest BCUT2D eigenvalue weighted by atomic mass is 9.84. The highest BCUT2D eigenvalue weighted by Gasteiger charge is 2.48. The molecule has 5 rings (SSSR count). The van der Waals surface area contributed by atoms with E-state index in [9.17, 15) is 14.4 Å². The van der Waals surface area contributed by atoms with E-state index in [1.165, 1.54) is 7.11 Å². The van der Waals surface area contributed by atoms with E-state index in [0.29, 0.717) is 40.7 Å². The molecule has 1 aliphatic carbocycles. The minimum atomic E-state index is -0.620. The number of nitrogens with zero attached hydrogens (tertiary/aromatic N) is 1. The molecule has 0 aromatic heterocycles. The molecule has 2 aliphatic rings. The molecule has 1 N–H and O–H groups in total. The van der Waals surface area contributed by atoms with Crippen LogP contribution in [0.2, 0.25) is 0 Å². The van der Waals surface area contributed by atoms with Crippen molar-refractivity contribution in [3.05, 3.63) is 90.0 Å². The second-order valence-electron chi connectivity index (χ2n) is 9.54. The highest BCUT2D eigenvalue weighted by Crippen LogP contribution is 2.41. The number of methoxy groups -OCH3 is 1. The van der Waals surface area contributed by atoms with Crippen LogP contribution >= 0.6 is 0 Å². The summed E-state index contributed by atoms with van der Waals surface area (Å²) in [5, 5.41) is 2.83. The summed E-state index contributed by atoms with van der Waals surface area (Å²) in [6, 6.07) is 22.2. The SMILES string of the molecule is COc1ccccc1C(=O)Nc1ccc(OC(=O)C2CC3CCCCC3N2C(=O)c2ccccc2)cc1. The highest BCUT2D eigenvalue weighted by molar-refractivity contribution is 6.06. The molecular formula is C30H30N2O5. The Morgan fingerprint density at radius 2 is 1.57 bits per heavy atom. The van der Waals surface area contributed by atoms with Crippen LogP contribution in [0.25, 0.3) is 0 Å². The standard InChI is InChI=1S/C30H30N2O5/c1-36-27-14-8-6-12-24(27)28(33)31-22-15-17-23(18-16-22)37-30(35)26-19-21-11-5-7-13-25(21)32(26)29(34)20-9-3-2-4-10-20/h2-4,6,8-10,12,14-18,21,25-26H,5,7,11,13,19H2,1H3,(H,31,33). The number of fused-ring (bicyclic) bond motifs is 1. The van der Waals surface area contributed by atoms with Crippen LogP contribution in [-0.2, 0) is 4.79 Å². The highest BCUT2D eigenvalue weighted by atomic mass is 16.5. The minimum absolute atomic E-state index is 0.0616. The van der Waals surface area contributed by atoms with E-state index < -0.39 is 12.0 Å². The number of carbonyl (C=O) groups is 3. The number of nitrogens with one attached hydrogen (secondary N) is 1. The summed E-state index contributed by atoms with van der Waals surface area (Å²) >= 11 is 0. The van der Waals surface area contributed by atoms with Crippen molar-refractivity contribution in [2.45, 2.75) is 44.2 Å². The van der Waals surface area contributed by atoms with E-state index in [1.54, 1.807) is 65.6 Å². The maximum atomic E-state index is 13.4. The summed E-state index contributed by atoms with van der Waals surface area (Å²) in [5.41, 5.74) is 1.57. The van der Waals surface area contributed by atoms with Crippen LogP contribution in [0.5, 0.6) is 11.5 Å². The summed E-state index contributed by atoms with van der Waals surface area (Å²) in [6.07, 6.45) is 4.73. The largest absolute Gasteiger partial charge is 0.496 e. The van der Waals surface area contributed by atoms with Crippen molar-refractivity contribution in [2.24, 2.45) is 5.92 Å². The summed E-state index contributed by atoms with van der Waals surface area (Å²) in [7, 11) is 1.52. The van der Waals surface area contributed by atoms with Gasteiger partial charge in [-0.05, 0) is 73.7 Å². The number of amides is 2. The number of anilines is 1. The van der Waals surface area contributed by atoms with Gasteiger partial charge in [0.05, 0.1) is 12.7 Å². The number of ether oxygens (including phenoxy) is 2. The summed E-state index contributed by atoms with van der Waals surface area (Å²) in [6.45, 7) is 0. The molecule has 1 aliphatic heterocycles. The predicted molar refractivity (Wildman–Crippen MR) is 140 cm³/mol. The average molecular weight is 499 g/mol. The number of benzene rings is 3. The second kappa shape index (κ2) is 10.9. The zero-order valence-corrected chi connectivity index (χ0v) is 20.8. The van der Waals surface area contributed by atoms with Crippen molar-refractivity contribution in [3.63, 3.8) is 0 Å². The van der Waals surface area contributed by atoms with Crippen LogP contribution < -0.4 is 14.8 Å². The van der Waals surface area contributed by atoms with Gasteiger partial charge in [0, 0.05) is 17.3 Å². The van der Waals surface area contributed by atoms with Gasteiger partial charge >= 0.3 is 5.97 Å². The summed E-state index contributed by atoms with van der Waals surface area (Å²) in [4.78, 5) is 41.2. The molecule has 3 unspecified atom stereocenters. The third kappa shape index (κ3) is 5.21. The number of esters is 1. The Bertz CT molecular complexity index is 1270. The molecule has 1 saturated carbocycles. The number of rotatable bonds is 6. The first kappa shape index (κ1) is 24.6. The molecule has 2 amide bonds. The Labute approximate surface area is 216 Å². The fraction of sp³-hybridized carbons (Fsp3) is 0.300. The van der Waals surface area contributed by atoms with Crippen molar-refractivity contribution in [1.82, 2.24) is 4.90 Å². The van der Waals surface area contributed by atoms with Gasteiger partial charge in [-0.25, -0.2) is 4.79 Å². The van der Waals surface area contributed by atoms with Gasteiger partial charge in [-0.3, -0.25) is 9.59 Å². The zero-order valence-electron chi connectivity index (χ0n) is 20.8. The third-order valence-electron chi connectivity index (χ3n) is 7.30. The van der Waals surface area contributed by atoms with Crippen LogP contribution in [-0.4, -0.2) is 41.9 Å². The molecule has 1 saturated heterocycles. The number of hydrogen-bond donors (Lipinski definition) is 1. The fourth-order valence-corrected chi connectivity index (χ4v) is 5.51. The Hall–Kier alpha value is -4.13. The van der Waals surface area contributed by atoms with Gasteiger partial charge in [-0.15, -0.1) is 0 Å². The first-order valence-corrected chi connectivity index (χ1v) is 12.7. The lowest BCUT2D eigenvalue weighted by Crippen LogP contribution is -2.47. The molecule has 3 atom stereocenters. The van der Waals surface area contributed by atoms with Crippen LogP contribution in [0.3, 0.4) is 0 Å². The van der Waals surface area contributed by atoms with Gasteiger partial charge < -0.3 is 19.7 Å². The van der Waals surface area contributed by atoms with E-state index in [4.69, 9.17) is 9.47 Å². The monoisotopic (exact) mass is 498 g/mol. The van der Waals surface area contributed by atoms with Crippen LogP contribution in [0, 0.1) is 5.92 Å². The van der Waals surface area contributed by atoms with Crippen molar-refractivity contribution in [2.75, 3.05) is 12.4 Å². The Morgan fingerprint density at radius 1 is 0.865 bits per heavy atom. The lowest BCUT2D eigenvalue weighted by Gasteiger charge is -2.33. The molecule has 0 radical (unpaired) electrons. The first-order valence-electron chi connectivity index (χ1n) is 12.7. The molecule has 3 aromatic rings. The molecule has 1 heterocycles. The number of carbonyl (C=O) groups excluding carboxylic acids is 3. The molecule has 190 valence electrons. The zero-order chi connectivity index (χ0) is 25.8. The van der Waals surface area contributed by atoms with Gasteiger partial charge in [-0.1, -0.05) is 43.2 Å². The van der Waals surface area contributed by atoms with E-state index in [2.05, 4.69) is 5.32 Å². The van der Waals surface area contributed by atoms with E-state index in [1.807, 2.05) is 18.2 Å². The fourth-order valence-electron chi connectivity index (χ4n) is 5.51. The predicted octanol–water partition coefficient (Wildman–Crippen LogP) is 5.33. The Kier molecular flexibility index (Phi) is 7.21. The van der Waals surface area contributed by atoms with E-state index >= 15 is 0 Å². The average Bonchev–Trinajstić information content (AvgIpc) is 3.34. The van der Waals surface area contributed by atoms with Gasteiger partial charge in [0.1, 0.15) is 17.5 Å². The Morgan fingerprint density at radius 3 is 2.32 bits per heavy atom. The summed E-state index contributed by atoms with van der Waals surface area (Å²) in [5.74, 6) is 0.313. The normalized spacial score (nSPS) is 20.6. The third-order valence-corrected chi connectivity index (χ3v) is 7.30. The molecular weight excluding hydrogens is 468 g/mol. The smallest absolute Gasteiger partial charge is 0.334 e. The van der Waals surface area contributed by atoms with Crippen molar-refractivity contribution < 1.29 is 23.9 Å². The van der Waals surface area contributed by atoms with Crippen LogP contribution in [0.1, 0.15) is 52.8 Å². The lowest BCUT2D eigenvalue weighted by molar-refractivity contribution is -0.139. The number of para-hydroxylation sites is 1. The second-order valence-corrected chi connectivity index (χ2v) is 9.54. The van der Waals surface area contributed by atoms with Crippen molar-refractivity contribution in [3.8, 4) is 11.5 Å². The molecule has 37 heavy (non-hydrogen) atoms. The topological polar surface area (TPSA) is 84.9 Å². The summed E-state index contributed by atoms with van der Waals surface area (Å²) < 4.78 is 11.0. The van der Waals surface area contributed by atoms with Crippen LogP contribution in [0.15, 0.2) is 78.9 Å².